The largest absolute Gasteiger partial charge is 0.372 e. The Morgan fingerprint density at radius 1 is 0.966 bits per heavy atom. The van der Waals surface area contributed by atoms with Crippen molar-refractivity contribution < 1.29 is 9.47 Å². The molecule has 2 aliphatic rings. The molecule has 0 aliphatic carbocycles. The average Bonchev–Trinajstić information content (AvgIpc) is 2.79. The number of rotatable bonds is 11. The molecule has 1 atom stereocenters. The van der Waals surface area contributed by atoms with Crippen LogP contribution in [0.15, 0.2) is 24.3 Å². The molecule has 0 amide bonds. The Hall–Kier alpha value is -1.10. The zero-order chi connectivity index (χ0) is 20.3. The molecule has 0 unspecified atom stereocenters. The fraction of sp³-hybridized carbons (Fsp3) is 0.760. The Labute approximate surface area is 178 Å². The number of anilines is 1. The maximum Gasteiger partial charge on any atom is 0.160 e. The van der Waals surface area contributed by atoms with Gasteiger partial charge in [-0.3, -0.25) is 0 Å². The van der Waals surface area contributed by atoms with E-state index in [2.05, 4.69) is 48.3 Å². The Kier molecular flexibility index (Phi) is 9.78. The molecule has 1 N–H and O–H groups in total. The van der Waals surface area contributed by atoms with E-state index in [1.165, 1.54) is 43.5 Å². The molecular formula is C25H42N2O2. The molecule has 29 heavy (non-hydrogen) atoms. The van der Waals surface area contributed by atoms with Crippen LogP contribution in [-0.4, -0.2) is 45.7 Å². The van der Waals surface area contributed by atoms with Gasteiger partial charge in [0.1, 0.15) is 0 Å². The maximum atomic E-state index is 6.15. The van der Waals surface area contributed by atoms with Crippen LogP contribution in [0.5, 0.6) is 0 Å². The average molecular weight is 403 g/mol. The van der Waals surface area contributed by atoms with E-state index in [9.17, 15) is 0 Å². The van der Waals surface area contributed by atoms with Gasteiger partial charge < -0.3 is 19.7 Å². The minimum Gasteiger partial charge on any atom is -0.372 e. The third-order valence-corrected chi connectivity index (χ3v) is 6.51. The molecule has 4 nitrogen and oxygen atoms in total. The highest BCUT2D eigenvalue weighted by molar-refractivity contribution is 5.48. The van der Waals surface area contributed by atoms with Gasteiger partial charge in [0, 0.05) is 44.5 Å². The van der Waals surface area contributed by atoms with E-state index in [0.29, 0.717) is 11.8 Å². The Bertz CT molecular complexity index is 538. The second-order valence-corrected chi connectivity index (χ2v) is 8.78. The van der Waals surface area contributed by atoms with E-state index in [1.54, 1.807) is 0 Å². The molecule has 2 heterocycles. The summed E-state index contributed by atoms with van der Waals surface area (Å²) < 4.78 is 12.3. The van der Waals surface area contributed by atoms with Crippen molar-refractivity contribution in [1.82, 2.24) is 5.32 Å². The van der Waals surface area contributed by atoms with Crippen molar-refractivity contribution in [2.24, 2.45) is 5.92 Å². The first-order valence-electron chi connectivity index (χ1n) is 12.1. The van der Waals surface area contributed by atoms with Crippen LogP contribution in [-0.2, 0) is 9.47 Å². The molecule has 2 aliphatic heterocycles. The van der Waals surface area contributed by atoms with Gasteiger partial charge in [-0.05, 0) is 68.7 Å². The molecule has 1 aromatic rings. The quantitative estimate of drug-likeness (QED) is 0.401. The normalized spacial score (nSPS) is 21.1. The summed E-state index contributed by atoms with van der Waals surface area (Å²) in [7, 11) is 0. The van der Waals surface area contributed by atoms with Gasteiger partial charge in [0.25, 0.3) is 0 Å². The van der Waals surface area contributed by atoms with Gasteiger partial charge in [-0.2, -0.15) is 0 Å². The van der Waals surface area contributed by atoms with Gasteiger partial charge >= 0.3 is 0 Å². The molecule has 4 heteroatoms. The molecule has 0 aromatic heterocycles. The maximum absolute atomic E-state index is 6.15. The van der Waals surface area contributed by atoms with Gasteiger partial charge in [-0.1, -0.05) is 38.8 Å². The SMILES string of the molecule is CCCCOC(OCCCC)C1CCN(c2ccc([C@@H]3CCCNC3)cc2)CC1. The van der Waals surface area contributed by atoms with Crippen LogP contribution in [0.25, 0.3) is 0 Å². The van der Waals surface area contributed by atoms with Crippen molar-refractivity contribution >= 4 is 5.69 Å². The fourth-order valence-corrected chi connectivity index (χ4v) is 4.53. The number of nitrogens with zero attached hydrogens (tertiary/aromatic N) is 1. The fourth-order valence-electron chi connectivity index (χ4n) is 4.53. The summed E-state index contributed by atoms with van der Waals surface area (Å²) in [6.45, 7) is 10.6. The standard InChI is InChI=1S/C25H42N2O2/c1-3-5-18-28-25(29-19-6-4-2)22-13-16-27(17-14-22)24-11-9-21(10-12-24)23-8-7-15-26-20-23/h9-12,22-23,25-26H,3-8,13-20H2,1-2H3/t23-/m1/s1. The zero-order valence-corrected chi connectivity index (χ0v) is 18.7. The van der Waals surface area contributed by atoms with E-state index in [4.69, 9.17) is 9.47 Å². The number of piperidine rings is 2. The van der Waals surface area contributed by atoms with Crippen LogP contribution in [0.4, 0.5) is 5.69 Å². The molecule has 0 radical (unpaired) electrons. The van der Waals surface area contributed by atoms with Crippen molar-refractivity contribution in [2.75, 3.05) is 44.3 Å². The molecule has 164 valence electrons. The predicted molar refractivity (Wildman–Crippen MR) is 122 cm³/mol. The predicted octanol–water partition coefficient (Wildman–Crippen LogP) is 5.33. The molecular weight excluding hydrogens is 360 g/mol. The number of hydrogen-bond donors (Lipinski definition) is 1. The zero-order valence-electron chi connectivity index (χ0n) is 18.7. The van der Waals surface area contributed by atoms with Crippen LogP contribution in [0, 0.1) is 5.92 Å². The number of unbranched alkanes of at least 4 members (excludes halogenated alkanes) is 2. The number of ether oxygens (including phenoxy) is 2. The molecule has 1 aromatic carbocycles. The lowest BCUT2D eigenvalue weighted by atomic mass is 9.91. The summed E-state index contributed by atoms with van der Waals surface area (Å²) >= 11 is 0. The number of hydrogen-bond acceptors (Lipinski definition) is 4. The van der Waals surface area contributed by atoms with Crippen LogP contribution in [0.1, 0.15) is 76.7 Å². The van der Waals surface area contributed by atoms with Crippen LogP contribution < -0.4 is 10.2 Å². The number of benzene rings is 1. The Morgan fingerprint density at radius 2 is 1.62 bits per heavy atom. The second kappa shape index (κ2) is 12.6. The van der Waals surface area contributed by atoms with Gasteiger partial charge in [0.2, 0.25) is 0 Å². The van der Waals surface area contributed by atoms with Crippen molar-refractivity contribution in [3.63, 3.8) is 0 Å². The molecule has 0 spiro atoms. The molecule has 3 rings (SSSR count). The smallest absolute Gasteiger partial charge is 0.160 e. The monoisotopic (exact) mass is 402 g/mol. The lowest BCUT2D eigenvalue weighted by Crippen LogP contribution is -2.40. The van der Waals surface area contributed by atoms with E-state index < -0.39 is 0 Å². The first-order chi connectivity index (χ1) is 14.3. The molecule has 2 fully saturated rings. The first kappa shape index (κ1) is 22.6. The molecule has 0 bridgehead atoms. The van der Waals surface area contributed by atoms with Crippen LogP contribution in [0.2, 0.25) is 0 Å². The lowest BCUT2D eigenvalue weighted by molar-refractivity contribution is -0.177. The van der Waals surface area contributed by atoms with Crippen molar-refractivity contribution in [3.8, 4) is 0 Å². The summed E-state index contributed by atoms with van der Waals surface area (Å²) in [5, 5.41) is 3.53. The lowest BCUT2D eigenvalue weighted by Gasteiger charge is -2.37. The van der Waals surface area contributed by atoms with E-state index >= 15 is 0 Å². The highest BCUT2D eigenvalue weighted by Gasteiger charge is 2.28. The van der Waals surface area contributed by atoms with Gasteiger partial charge in [0.15, 0.2) is 6.29 Å². The summed E-state index contributed by atoms with van der Waals surface area (Å²) in [6.07, 6.45) is 9.48. The van der Waals surface area contributed by atoms with Gasteiger partial charge in [0.05, 0.1) is 0 Å². The Balaban J connectivity index is 1.49. The molecule has 2 saturated heterocycles. The summed E-state index contributed by atoms with van der Waals surface area (Å²) in [4.78, 5) is 2.54. The summed E-state index contributed by atoms with van der Waals surface area (Å²) in [5.41, 5.74) is 2.86. The minimum atomic E-state index is -0.0172. The molecule has 0 saturated carbocycles. The third-order valence-electron chi connectivity index (χ3n) is 6.51. The summed E-state index contributed by atoms with van der Waals surface area (Å²) in [5.74, 6) is 1.21. The van der Waals surface area contributed by atoms with Gasteiger partial charge in [-0.25, -0.2) is 0 Å². The van der Waals surface area contributed by atoms with Crippen molar-refractivity contribution in [1.29, 1.82) is 0 Å². The second-order valence-electron chi connectivity index (χ2n) is 8.78. The number of nitrogens with one attached hydrogen (secondary N) is 1. The van der Waals surface area contributed by atoms with Gasteiger partial charge in [-0.15, -0.1) is 0 Å². The van der Waals surface area contributed by atoms with Crippen LogP contribution >= 0.6 is 0 Å². The van der Waals surface area contributed by atoms with Crippen molar-refractivity contribution in [3.05, 3.63) is 29.8 Å². The topological polar surface area (TPSA) is 33.7 Å². The minimum absolute atomic E-state index is 0.0172. The summed E-state index contributed by atoms with van der Waals surface area (Å²) in [6, 6.07) is 9.36. The third kappa shape index (κ3) is 6.97. The Morgan fingerprint density at radius 3 is 2.17 bits per heavy atom. The van der Waals surface area contributed by atoms with Crippen LogP contribution in [0.3, 0.4) is 0 Å². The first-order valence-corrected chi connectivity index (χ1v) is 12.1. The highest BCUT2D eigenvalue weighted by Crippen LogP contribution is 2.30. The highest BCUT2D eigenvalue weighted by atomic mass is 16.7. The van der Waals surface area contributed by atoms with E-state index in [0.717, 1.165) is 58.5 Å². The van der Waals surface area contributed by atoms with Crippen molar-refractivity contribution in [2.45, 2.75) is 77.4 Å². The van der Waals surface area contributed by atoms with E-state index in [1.807, 2.05) is 0 Å². The van der Waals surface area contributed by atoms with E-state index in [-0.39, 0.29) is 6.29 Å².